The third kappa shape index (κ3) is 3.12. The molecule has 3 heteroatoms. The molecule has 0 aromatic heterocycles. The van der Waals surface area contributed by atoms with E-state index in [4.69, 9.17) is 0 Å². The maximum absolute atomic E-state index is 11.3. The van der Waals surface area contributed by atoms with Crippen molar-refractivity contribution in [1.29, 1.82) is 0 Å². The van der Waals surface area contributed by atoms with Gasteiger partial charge in [0.25, 0.3) is 0 Å². The second kappa shape index (κ2) is 6.91. The van der Waals surface area contributed by atoms with Gasteiger partial charge in [0.05, 0.1) is 6.10 Å². The molecule has 4 atom stereocenters. The third-order valence-corrected chi connectivity index (χ3v) is 6.10. The van der Waals surface area contributed by atoms with Crippen LogP contribution in [0.25, 0.3) is 0 Å². The first kappa shape index (κ1) is 16.8. The average molecular weight is 337 g/mol. The molecule has 0 unspecified atom stereocenters. The molecular formula is C22H27NO2. The highest BCUT2D eigenvalue weighted by molar-refractivity contribution is 5.24. The SMILES string of the molecule is O[C@@H]1C[C@H](c2ccccc2)N(Cc2ccccc2)[C@@H]2CCCC[C@]12O. The van der Waals surface area contributed by atoms with E-state index < -0.39 is 11.7 Å². The minimum absolute atomic E-state index is 0.00964. The topological polar surface area (TPSA) is 43.7 Å². The summed E-state index contributed by atoms with van der Waals surface area (Å²) in [7, 11) is 0. The molecule has 1 aliphatic carbocycles. The van der Waals surface area contributed by atoms with E-state index in [1.165, 1.54) is 11.1 Å². The van der Waals surface area contributed by atoms with Crippen LogP contribution in [-0.2, 0) is 6.54 Å². The Labute approximate surface area is 149 Å². The summed E-state index contributed by atoms with van der Waals surface area (Å²) in [6.45, 7) is 0.806. The lowest BCUT2D eigenvalue weighted by atomic mass is 9.70. The van der Waals surface area contributed by atoms with E-state index in [0.717, 1.165) is 25.8 Å². The van der Waals surface area contributed by atoms with Crippen molar-refractivity contribution in [3.8, 4) is 0 Å². The van der Waals surface area contributed by atoms with Gasteiger partial charge in [-0.2, -0.15) is 0 Å². The standard InChI is InChI=1S/C22H27NO2/c24-21-15-19(18-11-5-2-6-12-18)23(16-17-9-3-1-4-10-17)20-13-7-8-14-22(20,21)25/h1-6,9-12,19-21,24-25H,7-8,13-16H2/t19-,20-,21-,22-/m1/s1. The zero-order valence-electron chi connectivity index (χ0n) is 14.6. The van der Waals surface area contributed by atoms with Crippen LogP contribution >= 0.6 is 0 Å². The second-order valence-electron chi connectivity index (χ2n) is 7.59. The van der Waals surface area contributed by atoms with E-state index in [1.807, 2.05) is 12.1 Å². The molecular weight excluding hydrogens is 310 g/mol. The lowest BCUT2D eigenvalue weighted by Gasteiger charge is -2.55. The van der Waals surface area contributed by atoms with E-state index in [9.17, 15) is 10.2 Å². The average Bonchev–Trinajstić information content (AvgIpc) is 2.66. The predicted molar refractivity (Wildman–Crippen MR) is 99.0 cm³/mol. The Morgan fingerprint density at radius 1 is 0.960 bits per heavy atom. The number of aliphatic hydroxyl groups is 2. The molecule has 132 valence electrons. The van der Waals surface area contributed by atoms with E-state index in [1.54, 1.807) is 0 Å². The molecule has 3 nitrogen and oxygen atoms in total. The van der Waals surface area contributed by atoms with E-state index in [0.29, 0.717) is 12.8 Å². The van der Waals surface area contributed by atoms with Crippen LogP contribution in [-0.4, -0.2) is 32.9 Å². The fourth-order valence-electron chi connectivity index (χ4n) is 4.79. The number of fused-ring (bicyclic) bond motifs is 1. The molecule has 1 saturated carbocycles. The van der Waals surface area contributed by atoms with Gasteiger partial charge in [0.15, 0.2) is 0 Å². The van der Waals surface area contributed by atoms with Crippen molar-refractivity contribution >= 4 is 0 Å². The number of benzene rings is 2. The molecule has 4 rings (SSSR count). The zero-order chi connectivity index (χ0) is 17.3. The van der Waals surface area contributed by atoms with Crippen molar-refractivity contribution in [2.45, 2.75) is 62.4 Å². The van der Waals surface area contributed by atoms with Crippen molar-refractivity contribution in [3.05, 3.63) is 71.8 Å². The largest absolute Gasteiger partial charge is 0.390 e. The summed E-state index contributed by atoms with van der Waals surface area (Å²) in [6.07, 6.45) is 3.69. The van der Waals surface area contributed by atoms with Gasteiger partial charge in [-0.1, -0.05) is 73.5 Å². The van der Waals surface area contributed by atoms with Crippen molar-refractivity contribution in [2.75, 3.05) is 0 Å². The maximum atomic E-state index is 11.3. The molecule has 0 spiro atoms. The smallest absolute Gasteiger partial charge is 0.106 e. The van der Waals surface area contributed by atoms with Crippen LogP contribution in [0.3, 0.4) is 0 Å². The zero-order valence-corrected chi connectivity index (χ0v) is 14.6. The number of nitrogens with zero attached hydrogens (tertiary/aromatic N) is 1. The Hall–Kier alpha value is -1.68. The van der Waals surface area contributed by atoms with E-state index in [-0.39, 0.29) is 12.1 Å². The minimum atomic E-state index is -0.974. The summed E-state index contributed by atoms with van der Waals surface area (Å²) in [6, 6.07) is 21.0. The fraction of sp³-hybridized carbons (Fsp3) is 0.455. The van der Waals surface area contributed by atoms with Gasteiger partial charge >= 0.3 is 0 Å². The van der Waals surface area contributed by atoms with Crippen LogP contribution in [0.1, 0.15) is 49.3 Å². The maximum Gasteiger partial charge on any atom is 0.106 e. The van der Waals surface area contributed by atoms with Gasteiger partial charge in [0, 0.05) is 18.6 Å². The monoisotopic (exact) mass is 337 g/mol. The number of rotatable bonds is 3. The van der Waals surface area contributed by atoms with E-state index >= 15 is 0 Å². The Kier molecular flexibility index (Phi) is 4.63. The van der Waals surface area contributed by atoms with Gasteiger partial charge in [-0.05, 0) is 30.4 Å². The lowest BCUT2D eigenvalue weighted by Crippen LogP contribution is -2.65. The van der Waals surface area contributed by atoms with Crippen molar-refractivity contribution in [1.82, 2.24) is 4.90 Å². The van der Waals surface area contributed by atoms with Crippen molar-refractivity contribution in [3.63, 3.8) is 0 Å². The van der Waals surface area contributed by atoms with Gasteiger partial charge in [-0.15, -0.1) is 0 Å². The molecule has 2 N–H and O–H groups in total. The summed E-state index contributed by atoms with van der Waals surface area (Å²) >= 11 is 0. The summed E-state index contributed by atoms with van der Waals surface area (Å²) < 4.78 is 0. The number of hydrogen-bond donors (Lipinski definition) is 2. The van der Waals surface area contributed by atoms with Crippen LogP contribution < -0.4 is 0 Å². The highest BCUT2D eigenvalue weighted by Gasteiger charge is 2.53. The van der Waals surface area contributed by atoms with Gasteiger partial charge in [0.2, 0.25) is 0 Å². The number of hydrogen-bond acceptors (Lipinski definition) is 3. The molecule has 0 bridgehead atoms. The predicted octanol–water partition coefficient (Wildman–Crippen LogP) is 3.67. The van der Waals surface area contributed by atoms with Crippen LogP contribution in [0, 0.1) is 0 Å². The van der Waals surface area contributed by atoms with Gasteiger partial charge < -0.3 is 10.2 Å². The molecule has 2 aliphatic rings. The molecule has 2 fully saturated rings. The summed E-state index contributed by atoms with van der Waals surface area (Å²) in [5.41, 5.74) is 1.51. The number of piperidine rings is 1. The highest BCUT2D eigenvalue weighted by Crippen LogP contribution is 2.46. The Balaban J connectivity index is 1.71. The normalized spacial score (nSPS) is 33.0. The van der Waals surface area contributed by atoms with Gasteiger partial charge in [0.1, 0.15) is 5.60 Å². The Morgan fingerprint density at radius 3 is 2.36 bits per heavy atom. The quantitative estimate of drug-likeness (QED) is 0.898. The van der Waals surface area contributed by atoms with Gasteiger partial charge in [-0.25, -0.2) is 0 Å². The second-order valence-corrected chi connectivity index (χ2v) is 7.59. The van der Waals surface area contributed by atoms with Crippen LogP contribution in [0.5, 0.6) is 0 Å². The molecule has 2 aromatic rings. The van der Waals surface area contributed by atoms with Crippen LogP contribution in [0.4, 0.5) is 0 Å². The Bertz CT molecular complexity index is 690. The van der Waals surface area contributed by atoms with E-state index in [2.05, 4.69) is 53.4 Å². The molecule has 2 aromatic carbocycles. The van der Waals surface area contributed by atoms with Crippen LogP contribution in [0.2, 0.25) is 0 Å². The first-order chi connectivity index (χ1) is 12.2. The highest BCUT2D eigenvalue weighted by atomic mass is 16.3. The minimum Gasteiger partial charge on any atom is -0.390 e. The van der Waals surface area contributed by atoms with Crippen molar-refractivity contribution < 1.29 is 10.2 Å². The fourth-order valence-corrected chi connectivity index (χ4v) is 4.79. The molecule has 1 saturated heterocycles. The third-order valence-electron chi connectivity index (χ3n) is 6.10. The van der Waals surface area contributed by atoms with Gasteiger partial charge in [-0.3, -0.25) is 4.90 Å². The Morgan fingerprint density at radius 2 is 1.64 bits per heavy atom. The first-order valence-electron chi connectivity index (χ1n) is 9.43. The summed E-state index contributed by atoms with van der Waals surface area (Å²) in [5.74, 6) is 0. The number of likely N-dealkylation sites (tertiary alicyclic amines) is 1. The van der Waals surface area contributed by atoms with Crippen molar-refractivity contribution in [2.24, 2.45) is 0 Å². The molecule has 1 heterocycles. The number of aliphatic hydroxyl groups excluding tert-OH is 1. The lowest BCUT2D eigenvalue weighted by molar-refractivity contribution is -0.191. The molecule has 0 radical (unpaired) electrons. The first-order valence-corrected chi connectivity index (χ1v) is 9.43. The molecule has 0 amide bonds. The summed E-state index contributed by atoms with van der Waals surface area (Å²) in [4.78, 5) is 2.44. The van der Waals surface area contributed by atoms with Crippen LogP contribution in [0.15, 0.2) is 60.7 Å². The molecule has 25 heavy (non-hydrogen) atoms. The summed E-state index contributed by atoms with van der Waals surface area (Å²) in [5, 5.41) is 22.1. The molecule has 1 aliphatic heterocycles.